The predicted molar refractivity (Wildman–Crippen MR) is 99.6 cm³/mol. The Bertz CT molecular complexity index is 693. The number of carboxylic acid groups (broad SMARTS) is 2. The van der Waals surface area contributed by atoms with E-state index in [-0.39, 0.29) is 0 Å². The maximum Gasteiger partial charge on any atom is 0.414 e. The zero-order valence-corrected chi connectivity index (χ0v) is 15.3. The van der Waals surface area contributed by atoms with Crippen molar-refractivity contribution in [3.05, 3.63) is 64.7 Å². The molecule has 0 amide bonds. The molecule has 0 saturated heterocycles. The van der Waals surface area contributed by atoms with Gasteiger partial charge in [-0.1, -0.05) is 48.0 Å². The van der Waals surface area contributed by atoms with E-state index in [2.05, 4.69) is 62.5 Å². The van der Waals surface area contributed by atoms with Crippen LogP contribution < -0.4 is 10.1 Å². The molecular weight excluding hydrogens is 334 g/mol. The first-order valence-corrected chi connectivity index (χ1v) is 8.22. The Morgan fingerprint density at radius 1 is 0.962 bits per heavy atom. The Hall–Kier alpha value is -2.86. The van der Waals surface area contributed by atoms with Crippen LogP contribution in [0.25, 0.3) is 0 Å². The minimum Gasteiger partial charge on any atom is -0.492 e. The third-order valence-electron chi connectivity index (χ3n) is 3.48. The average molecular weight is 359 g/mol. The van der Waals surface area contributed by atoms with Gasteiger partial charge in [-0.15, -0.1) is 0 Å². The molecule has 0 aliphatic rings. The lowest BCUT2D eigenvalue weighted by molar-refractivity contribution is -0.159. The van der Waals surface area contributed by atoms with E-state index in [4.69, 9.17) is 24.5 Å². The monoisotopic (exact) mass is 359 g/mol. The molecule has 3 N–H and O–H groups in total. The molecule has 0 unspecified atom stereocenters. The van der Waals surface area contributed by atoms with Gasteiger partial charge in [0.2, 0.25) is 0 Å². The van der Waals surface area contributed by atoms with Crippen LogP contribution in [0.5, 0.6) is 5.75 Å². The molecule has 140 valence electrons. The number of aliphatic carboxylic acids is 2. The zero-order valence-electron chi connectivity index (χ0n) is 15.3. The largest absolute Gasteiger partial charge is 0.492 e. The summed E-state index contributed by atoms with van der Waals surface area (Å²) >= 11 is 0. The van der Waals surface area contributed by atoms with Crippen LogP contribution in [-0.2, 0) is 16.1 Å². The standard InChI is InChI=1S/C18H23NO.C2H2O4/c1-14-11-15(2)18(16(3)12-14)20-10-9-19-13-17-7-5-4-6-8-17;3-1(4)2(5)6/h4-8,11-12,19H,9-10,13H2,1-3H3;(H,3,4)(H,5,6). The summed E-state index contributed by atoms with van der Waals surface area (Å²) in [6, 6.07) is 14.7. The first-order valence-electron chi connectivity index (χ1n) is 8.22. The van der Waals surface area contributed by atoms with Crippen molar-refractivity contribution in [1.29, 1.82) is 0 Å². The Balaban J connectivity index is 0.000000487. The highest BCUT2D eigenvalue weighted by atomic mass is 16.5. The SMILES string of the molecule is Cc1cc(C)c(OCCNCc2ccccc2)c(C)c1.O=C(O)C(=O)O. The van der Waals surface area contributed by atoms with Crippen molar-refractivity contribution >= 4 is 11.9 Å². The topological polar surface area (TPSA) is 95.9 Å². The number of carbonyl (C=O) groups is 2. The average Bonchev–Trinajstić information content (AvgIpc) is 2.58. The summed E-state index contributed by atoms with van der Waals surface area (Å²) in [5.41, 5.74) is 5.01. The van der Waals surface area contributed by atoms with Gasteiger partial charge in [0.15, 0.2) is 0 Å². The van der Waals surface area contributed by atoms with Crippen LogP contribution in [0.1, 0.15) is 22.3 Å². The van der Waals surface area contributed by atoms with Crippen LogP contribution in [0.15, 0.2) is 42.5 Å². The smallest absolute Gasteiger partial charge is 0.414 e. The second-order valence-corrected chi connectivity index (χ2v) is 5.85. The summed E-state index contributed by atoms with van der Waals surface area (Å²) in [5, 5.41) is 18.2. The van der Waals surface area contributed by atoms with Crippen molar-refractivity contribution in [2.24, 2.45) is 0 Å². The summed E-state index contributed by atoms with van der Waals surface area (Å²) in [6.45, 7) is 8.75. The van der Waals surface area contributed by atoms with E-state index in [1.54, 1.807) is 0 Å². The molecule has 0 heterocycles. The van der Waals surface area contributed by atoms with Crippen molar-refractivity contribution in [2.45, 2.75) is 27.3 Å². The number of carboxylic acids is 2. The van der Waals surface area contributed by atoms with Crippen LogP contribution in [0.4, 0.5) is 0 Å². The maximum absolute atomic E-state index is 9.10. The Labute approximate surface area is 153 Å². The van der Waals surface area contributed by atoms with E-state index in [1.165, 1.54) is 22.3 Å². The van der Waals surface area contributed by atoms with Gasteiger partial charge in [-0.2, -0.15) is 0 Å². The normalized spacial score (nSPS) is 9.81. The Morgan fingerprint density at radius 3 is 2.00 bits per heavy atom. The number of benzene rings is 2. The van der Waals surface area contributed by atoms with Gasteiger partial charge in [0.05, 0.1) is 0 Å². The van der Waals surface area contributed by atoms with Crippen LogP contribution in [-0.4, -0.2) is 35.3 Å². The second kappa shape index (κ2) is 10.9. The van der Waals surface area contributed by atoms with Gasteiger partial charge >= 0.3 is 11.9 Å². The zero-order chi connectivity index (χ0) is 19.5. The van der Waals surface area contributed by atoms with Crippen molar-refractivity contribution in [3.63, 3.8) is 0 Å². The molecule has 0 atom stereocenters. The highest BCUT2D eigenvalue weighted by Gasteiger charge is 2.05. The molecule has 0 aromatic heterocycles. The van der Waals surface area contributed by atoms with Gasteiger partial charge < -0.3 is 20.3 Å². The van der Waals surface area contributed by atoms with Crippen molar-refractivity contribution in [2.75, 3.05) is 13.2 Å². The van der Waals surface area contributed by atoms with Crippen LogP contribution >= 0.6 is 0 Å². The number of rotatable bonds is 6. The fraction of sp³-hybridized carbons (Fsp3) is 0.300. The minimum absolute atomic E-state index is 0.692. The Morgan fingerprint density at radius 2 is 1.50 bits per heavy atom. The summed E-state index contributed by atoms with van der Waals surface area (Å²) in [5.74, 6) is -2.62. The molecule has 2 rings (SSSR count). The highest BCUT2D eigenvalue weighted by Crippen LogP contribution is 2.24. The summed E-state index contributed by atoms with van der Waals surface area (Å²) in [4.78, 5) is 18.2. The van der Waals surface area contributed by atoms with Gasteiger partial charge in [-0.25, -0.2) is 9.59 Å². The molecule has 2 aromatic rings. The third-order valence-corrected chi connectivity index (χ3v) is 3.48. The molecule has 2 aromatic carbocycles. The van der Waals surface area contributed by atoms with E-state index in [0.717, 1.165) is 18.8 Å². The molecule has 0 bridgehead atoms. The van der Waals surface area contributed by atoms with E-state index in [9.17, 15) is 0 Å². The lowest BCUT2D eigenvalue weighted by atomic mass is 10.1. The van der Waals surface area contributed by atoms with Crippen LogP contribution in [0.3, 0.4) is 0 Å². The fourth-order valence-corrected chi connectivity index (χ4v) is 2.45. The summed E-state index contributed by atoms with van der Waals surface area (Å²) in [6.07, 6.45) is 0. The lowest BCUT2D eigenvalue weighted by Gasteiger charge is -2.13. The van der Waals surface area contributed by atoms with E-state index < -0.39 is 11.9 Å². The van der Waals surface area contributed by atoms with Gasteiger partial charge in [0.25, 0.3) is 0 Å². The number of ether oxygens (including phenoxy) is 1. The summed E-state index contributed by atoms with van der Waals surface area (Å²) in [7, 11) is 0. The van der Waals surface area contributed by atoms with E-state index >= 15 is 0 Å². The molecule has 0 fully saturated rings. The maximum atomic E-state index is 9.10. The molecule has 0 spiro atoms. The molecule has 6 nitrogen and oxygen atoms in total. The number of aryl methyl sites for hydroxylation is 3. The molecule has 6 heteroatoms. The number of hydrogen-bond acceptors (Lipinski definition) is 4. The van der Waals surface area contributed by atoms with Crippen LogP contribution in [0, 0.1) is 20.8 Å². The highest BCUT2D eigenvalue weighted by molar-refractivity contribution is 6.27. The van der Waals surface area contributed by atoms with E-state index in [0.29, 0.717) is 6.61 Å². The lowest BCUT2D eigenvalue weighted by Crippen LogP contribution is -2.21. The molecule has 0 aliphatic heterocycles. The first-order chi connectivity index (χ1) is 12.3. The molecular formula is C20H25NO5. The Kier molecular flexibility index (Phi) is 8.87. The fourth-order valence-electron chi connectivity index (χ4n) is 2.45. The number of hydrogen-bond donors (Lipinski definition) is 3. The third kappa shape index (κ3) is 7.81. The van der Waals surface area contributed by atoms with Gasteiger partial charge in [-0.3, -0.25) is 0 Å². The van der Waals surface area contributed by atoms with Crippen molar-refractivity contribution in [3.8, 4) is 5.75 Å². The van der Waals surface area contributed by atoms with Crippen LogP contribution in [0.2, 0.25) is 0 Å². The quantitative estimate of drug-likeness (QED) is 0.542. The molecule has 0 aliphatic carbocycles. The predicted octanol–water partition coefficient (Wildman–Crippen LogP) is 2.94. The summed E-state index contributed by atoms with van der Waals surface area (Å²) < 4.78 is 5.90. The van der Waals surface area contributed by atoms with E-state index in [1.807, 2.05) is 6.07 Å². The van der Waals surface area contributed by atoms with Crippen molar-refractivity contribution in [1.82, 2.24) is 5.32 Å². The molecule has 0 radical (unpaired) electrons. The number of nitrogens with one attached hydrogen (secondary N) is 1. The first kappa shape index (κ1) is 21.2. The van der Waals surface area contributed by atoms with Gasteiger partial charge in [0, 0.05) is 13.1 Å². The molecule has 0 saturated carbocycles. The second-order valence-electron chi connectivity index (χ2n) is 5.85. The van der Waals surface area contributed by atoms with Crippen molar-refractivity contribution < 1.29 is 24.5 Å². The van der Waals surface area contributed by atoms with Gasteiger partial charge in [0.1, 0.15) is 12.4 Å². The molecule has 26 heavy (non-hydrogen) atoms. The minimum atomic E-state index is -1.82. The van der Waals surface area contributed by atoms with Gasteiger partial charge in [-0.05, 0) is 37.5 Å².